The Bertz CT molecular complexity index is 820. The first-order chi connectivity index (χ1) is 12.5. The molecule has 2 aromatic rings. The summed E-state index contributed by atoms with van der Waals surface area (Å²) in [5.41, 5.74) is 1.50. The largest absolute Gasteiger partial charge is 0.573 e. The maximum absolute atomic E-state index is 12.6. The molecule has 5 nitrogen and oxygen atoms in total. The smallest absolute Gasteiger partial charge is 0.406 e. The lowest BCUT2D eigenvalue weighted by atomic mass is 9.71. The molecular weight excluding hydrogens is 361 g/mol. The molecule has 1 atom stereocenters. The second-order valence-corrected chi connectivity index (χ2v) is 7.76. The molecule has 27 heavy (non-hydrogen) atoms. The minimum absolute atomic E-state index is 0.108. The average Bonchev–Trinajstić information content (AvgIpc) is 2.97. The standard InChI is InChI=1S/C19H21F3N2O3/c1-18(2,3)11-4-9-15-14(10-11)16(24-27-15)17(25)23-12-5-7-13(8-6-12)26-19(20,21)22/h5-8,11H,4,9-10H2,1-3H3,(H,23,25). The van der Waals surface area contributed by atoms with Crippen LogP contribution in [0, 0.1) is 11.3 Å². The molecule has 1 amide bonds. The van der Waals surface area contributed by atoms with Crippen molar-refractivity contribution in [2.24, 2.45) is 11.3 Å². The maximum atomic E-state index is 12.6. The van der Waals surface area contributed by atoms with Crippen LogP contribution in [0.5, 0.6) is 5.75 Å². The number of benzene rings is 1. The summed E-state index contributed by atoms with van der Waals surface area (Å²) >= 11 is 0. The van der Waals surface area contributed by atoms with Crippen molar-refractivity contribution in [2.75, 3.05) is 5.32 Å². The van der Waals surface area contributed by atoms with Crippen LogP contribution in [-0.4, -0.2) is 17.4 Å². The molecule has 1 aliphatic rings. The highest BCUT2D eigenvalue weighted by Crippen LogP contribution is 2.38. The summed E-state index contributed by atoms with van der Waals surface area (Å²) in [6, 6.07) is 4.95. The molecule has 0 radical (unpaired) electrons. The molecule has 0 spiro atoms. The van der Waals surface area contributed by atoms with Crippen molar-refractivity contribution in [3.8, 4) is 5.75 Å². The van der Waals surface area contributed by atoms with Crippen LogP contribution in [0.3, 0.4) is 0 Å². The molecule has 1 unspecified atom stereocenters. The summed E-state index contributed by atoms with van der Waals surface area (Å²) in [7, 11) is 0. The Hall–Kier alpha value is -2.51. The Balaban J connectivity index is 1.72. The second-order valence-electron chi connectivity index (χ2n) is 7.76. The highest BCUT2D eigenvalue weighted by Gasteiger charge is 2.34. The van der Waals surface area contributed by atoms with Crippen LogP contribution < -0.4 is 10.1 Å². The van der Waals surface area contributed by atoms with Gasteiger partial charge in [-0.05, 0) is 48.4 Å². The number of fused-ring (bicyclic) bond motifs is 1. The van der Waals surface area contributed by atoms with E-state index >= 15 is 0 Å². The van der Waals surface area contributed by atoms with E-state index in [0.29, 0.717) is 18.0 Å². The third-order valence-corrected chi connectivity index (χ3v) is 4.83. The fourth-order valence-corrected chi connectivity index (χ4v) is 3.25. The molecule has 1 aliphatic carbocycles. The molecule has 146 valence electrons. The summed E-state index contributed by atoms with van der Waals surface area (Å²) in [6.45, 7) is 6.50. The lowest BCUT2D eigenvalue weighted by Crippen LogP contribution is -2.27. The third-order valence-electron chi connectivity index (χ3n) is 4.83. The molecule has 0 bridgehead atoms. The van der Waals surface area contributed by atoms with Gasteiger partial charge in [0.15, 0.2) is 5.69 Å². The lowest BCUT2D eigenvalue weighted by molar-refractivity contribution is -0.274. The highest BCUT2D eigenvalue weighted by molar-refractivity contribution is 6.04. The molecule has 8 heteroatoms. The van der Waals surface area contributed by atoms with Gasteiger partial charge in [0, 0.05) is 17.7 Å². The predicted molar refractivity (Wildman–Crippen MR) is 92.6 cm³/mol. The summed E-state index contributed by atoms with van der Waals surface area (Å²) in [5.74, 6) is 0.343. The van der Waals surface area contributed by atoms with E-state index in [1.54, 1.807) is 0 Å². The van der Waals surface area contributed by atoms with Crippen LogP contribution in [0.15, 0.2) is 28.8 Å². The highest BCUT2D eigenvalue weighted by atomic mass is 19.4. The first-order valence-electron chi connectivity index (χ1n) is 8.67. The molecule has 0 saturated heterocycles. The monoisotopic (exact) mass is 382 g/mol. The molecular formula is C19H21F3N2O3. The van der Waals surface area contributed by atoms with Gasteiger partial charge in [-0.15, -0.1) is 13.2 Å². The van der Waals surface area contributed by atoms with Gasteiger partial charge in [-0.2, -0.15) is 0 Å². The molecule has 0 aliphatic heterocycles. The number of nitrogens with zero attached hydrogens (tertiary/aromatic N) is 1. The van der Waals surface area contributed by atoms with Crippen LogP contribution >= 0.6 is 0 Å². The van der Waals surface area contributed by atoms with Crippen molar-refractivity contribution in [1.82, 2.24) is 5.16 Å². The number of halogens is 3. The van der Waals surface area contributed by atoms with Gasteiger partial charge in [-0.3, -0.25) is 4.79 Å². The van der Waals surface area contributed by atoms with Crippen LogP contribution in [0.25, 0.3) is 0 Å². The van der Waals surface area contributed by atoms with Gasteiger partial charge in [0.25, 0.3) is 5.91 Å². The number of aromatic nitrogens is 1. The molecule has 3 rings (SSSR count). The van der Waals surface area contributed by atoms with E-state index in [1.807, 2.05) is 0 Å². The van der Waals surface area contributed by atoms with E-state index < -0.39 is 12.3 Å². The van der Waals surface area contributed by atoms with Crippen LogP contribution in [0.1, 0.15) is 49.0 Å². The quantitative estimate of drug-likeness (QED) is 0.813. The third kappa shape index (κ3) is 4.61. The number of hydrogen-bond donors (Lipinski definition) is 1. The van der Waals surface area contributed by atoms with E-state index in [-0.39, 0.29) is 16.9 Å². The summed E-state index contributed by atoms with van der Waals surface area (Å²) < 4.78 is 45.7. The van der Waals surface area contributed by atoms with Crippen LogP contribution in [0.4, 0.5) is 18.9 Å². The van der Waals surface area contributed by atoms with Crippen molar-refractivity contribution in [3.05, 3.63) is 41.3 Å². The Morgan fingerprint density at radius 2 is 1.89 bits per heavy atom. The zero-order valence-corrected chi connectivity index (χ0v) is 15.3. The van der Waals surface area contributed by atoms with Crippen LogP contribution in [-0.2, 0) is 12.8 Å². The van der Waals surface area contributed by atoms with E-state index in [1.165, 1.54) is 12.1 Å². The van der Waals surface area contributed by atoms with Crippen molar-refractivity contribution in [3.63, 3.8) is 0 Å². The molecule has 0 fully saturated rings. The molecule has 1 aromatic heterocycles. The number of amides is 1. The summed E-state index contributed by atoms with van der Waals surface area (Å²) in [6.07, 6.45) is -2.33. The van der Waals surface area contributed by atoms with Gasteiger partial charge in [0.2, 0.25) is 0 Å². The van der Waals surface area contributed by atoms with Crippen molar-refractivity contribution < 1.29 is 27.2 Å². The minimum Gasteiger partial charge on any atom is -0.406 e. The number of alkyl halides is 3. The Morgan fingerprint density at radius 1 is 1.22 bits per heavy atom. The zero-order chi connectivity index (χ0) is 19.8. The topological polar surface area (TPSA) is 64.4 Å². The lowest BCUT2D eigenvalue weighted by Gasteiger charge is -2.33. The average molecular weight is 382 g/mol. The van der Waals surface area contributed by atoms with Gasteiger partial charge in [-0.25, -0.2) is 0 Å². The summed E-state index contributed by atoms with van der Waals surface area (Å²) in [5, 5.41) is 6.56. The Kier molecular flexibility index (Phi) is 4.92. The van der Waals surface area contributed by atoms with Gasteiger partial charge in [-0.1, -0.05) is 25.9 Å². The number of aryl methyl sites for hydroxylation is 1. The SMILES string of the molecule is CC(C)(C)C1CCc2onc(C(=O)Nc3ccc(OC(F)(F)F)cc3)c2C1. The molecule has 1 aromatic carbocycles. The van der Waals surface area contributed by atoms with E-state index in [0.717, 1.165) is 36.3 Å². The second kappa shape index (κ2) is 6.90. The number of anilines is 1. The van der Waals surface area contributed by atoms with Crippen molar-refractivity contribution in [2.45, 2.75) is 46.4 Å². The van der Waals surface area contributed by atoms with E-state index in [4.69, 9.17) is 4.52 Å². The fourth-order valence-electron chi connectivity index (χ4n) is 3.25. The van der Waals surface area contributed by atoms with Gasteiger partial charge in [0.1, 0.15) is 11.5 Å². The van der Waals surface area contributed by atoms with Crippen LogP contribution in [0.2, 0.25) is 0 Å². The normalized spacial score (nSPS) is 17.3. The zero-order valence-electron chi connectivity index (χ0n) is 15.3. The molecule has 1 N–H and O–H groups in total. The Labute approximate surface area is 154 Å². The van der Waals surface area contributed by atoms with E-state index in [9.17, 15) is 18.0 Å². The fraction of sp³-hybridized carbons (Fsp3) is 0.474. The van der Waals surface area contributed by atoms with Gasteiger partial charge >= 0.3 is 6.36 Å². The van der Waals surface area contributed by atoms with Gasteiger partial charge in [0.05, 0.1) is 0 Å². The number of nitrogens with one attached hydrogen (secondary N) is 1. The number of carbonyl (C=O) groups excluding carboxylic acids is 1. The maximum Gasteiger partial charge on any atom is 0.573 e. The predicted octanol–water partition coefficient (Wildman–Crippen LogP) is 4.98. The molecule has 0 saturated carbocycles. The summed E-state index contributed by atoms with van der Waals surface area (Å²) in [4.78, 5) is 12.6. The number of carbonyl (C=O) groups is 1. The number of hydrogen-bond acceptors (Lipinski definition) is 4. The number of ether oxygens (including phenoxy) is 1. The minimum atomic E-state index is -4.76. The first kappa shape index (κ1) is 19.3. The molecule has 1 heterocycles. The first-order valence-corrected chi connectivity index (χ1v) is 8.67. The van der Waals surface area contributed by atoms with Crippen molar-refractivity contribution >= 4 is 11.6 Å². The van der Waals surface area contributed by atoms with Crippen molar-refractivity contribution in [1.29, 1.82) is 0 Å². The van der Waals surface area contributed by atoms with E-state index in [2.05, 4.69) is 36.0 Å². The number of rotatable bonds is 3. The van der Waals surface area contributed by atoms with Gasteiger partial charge < -0.3 is 14.6 Å². The Morgan fingerprint density at radius 3 is 2.48 bits per heavy atom.